The summed E-state index contributed by atoms with van der Waals surface area (Å²) in [6.45, 7) is 1.87. The number of hydrogen-bond acceptors (Lipinski definition) is 8. The highest BCUT2D eigenvalue weighted by Gasteiger charge is 2.26. The first-order valence-corrected chi connectivity index (χ1v) is 16.4. The fourth-order valence-electron chi connectivity index (χ4n) is 6.21. The largest absolute Gasteiger partial charge is 0.481 e. The summed E-state index contributed by atoms with van der Waals surface area (Å²) in [4.78, 5) is 48.0. The standard InChI is InChI=1S/C35H32Cl2F2N6O5/c1-43-26-16-25(30(38)39)41-31(27(26)33(46)44(2)35(43)49)40-24-9-5-7-21(29(24)37)20-6-4-8-22(28(20)36)23-11-10-19(32(42-23)50-3)17-45-14-12-18(13-15-45)34(47)48/h4-11,16,18,30H,12-15,17H2,1-3H3,(H,40,41)(H,47,48). The number of methoxy groups -OCH3 is 1. The van der Waals surface area contributed by atoms with E-state index < -0.39 is 29.3 Å². The maximum absolute atomic E-state index is 13.9. The molecule has 0 amide bonds. The number of rotatable bonds is 9. The average Bonchev–Trinajstić information content (AvgIpc) is 3.11. The summed E-state index contributed by atoms with van der Waals surface area (Å²) in [5.41, 5.74) is 1.32. The van der Waals surface area contributed by atoms with Gasteiger partial charge in [0.2, 0.25) is 5.88 Å². The topological polar surface area (TPSA) is 132 Å². The molecule has 15 heteroatoms. The van der Waals surface area contributed by atoms with E-state index in [2.05, 4.69) is 15.2 Å². The highest BCUT2D eigenvalue weighted by Crippen LogP contribution is 2.42. The molecule has 1 saturated heterocycles. The van der Waals surface area contributed by atoms with Gasteiger partial charge in [0.15, 0.2) is 0 Å². The first-order chi connectivity index (χ1) is 23.9. The summed E-state index contributed by atoms with van der Waals surface area (Å²) in [6.07, 6.45) is -1.81. The number of aromatic nitrogens is 4. The molecule has 0 aliphatic carbocycles. The van der Waals surface area contributed by atoms with Crippen LogP contribution in [0.15, 0.2) is 64.2 Å². The number of pyridine rings is 2. The van der Waals surface area contributed by atoms with Crippen molar-refractivity contribution in [2.45, 2.75) is 25.8 Å². The molecule has 5 aromatic rings. The number of alkyl halides is 2. The van der Waals surface area contributed by atoms with Gasteiger partial charge in [-0.15, -0.1) is 0 Å². The number of ether oxygens (including phenoxy) is 1. The number of carbonyl (C=O) groups is 1. The molecule has 0 saturated carbocycles. The number of carboxylic acid groups (broad SMARTS) is 1. The minimum absolute atomic E-state index is 0.00868. The maximum atomic E-state index is 13.9. The third-order valence-corrected chi connectivity index (χ3v) is 9.79. The van der Waals surface area contributed by atoms with Crippen LogP contribution in [0.25, 0.3) is 33.3 Å². The van der Waals surface area contributed by atoms with E-state index in [0.29, 0.717) is 65.8 Å². The molecule has 4 heterocycles. The fraction of sp³-hybridized carbons (Fsp3) is 0.286. The number of anilines is 2. The Morgan fingerprint density at radius 1 is 0.980 bits per heavy atom. The molecule has 1 aliphatic heterocycles. The Morgan fingerprint density at radius 2 is 1.64 bits per heavy atom. The first-order valence-electron chi connectivity index (χ1n) is 15.6. The maximum Gasteiger partial charge on any atom is 0.330 e. The summed E-state index contributed by atoms with van der Waals surface area (Å²) >= 11 is 13.9. The lowest BCUT2D eigenvalue weighted by molar-refractivity contribution is -0.143. The molecular weight excluding hydrogens is 693 g/mol. The molecule has 260 valence electrons. The van der Waals surface area contributed by atoms with Crippen LogP contribution in [0.3, 0.4) is 0 Å². The average molecular weight is 726 g/mol. The first kappa shape index (κ1) is 35.0. The number of benzene rings is 2. The van der Waals surface area contributed by atoms with Crippen molar-refractivity contribution in [3.63, 3.8) is 0 Å². The number of nitrogens with zero attached hydrogens (tertiary/aromatic N) is 5. The Labute approximate surface area is 294 Å². The quantitative estimate of drug-likeness (QED) is 0.171. The number of piperidine rings is 1. The van der Waals surface area contributed by atoms with Gasteiger partial charge in [-0.25, -0.2) is 23.5 Å². The number of nitrogens with one attached hydrogen (secondary N) is 1. The number of aliphatic carboxylic acids is 1. The van der Waals surface area contributed by atoms with Crippen LogP contribution in [-0.4, -0.2) is 55.3 Å². The summed E-state index contributed by atoms with van der Waals surface area (Å²) in [5.74, 6) is -0.853. The smallest absolute Gasteiger partial charge is 0.330 e. The molecule has 1 aliphatic rings. The molecule has 6 rings (SSSR count). The van der Waals surface area contributed by atoms with Gasteiger partial charge < -0.3 is 15.2 Å². The zero-order valence-corrected chi connectivity index (χ0v) is 28.7. The van der Waals surface area contributed by atoms with Crippen LogP contribution in [-0.2, 0) is 25.4 Å². The Balaban J connectivity index is 1.34. The van der Waals surface area contributed by atoms with Gasteiger partial charge in [-0.05, 0) is 44.1 Å². The Bertz CT molecular complexity index is 2250. The molecule has 2 aromatic carbocycles. The number of likely N-dealkylation sites (tertiary alicyclic amines) is 1. The van der Waals surface area contributed by atoms with E-state index >= 15 is 0 Å². The zero-order chi connectivity index (χ0) is 35.9. The minimum Gasteiger partial charge on any atom is -0.481 e. The van der Waals surface area contributed by atoms with Crippen LogP contribution in [0.2, 0.25) is 10.0 Å². The second-order valence-corrected chi connectivity index (χ2v) is 12.8. The van der Waals surface area contributed by atoms with Crippen LogP contribution in [0, 0.1) is 5.92 Å². The van der Waals surface area contributed by atoms with E-state index in [9.17, 15) is 28.3 Å². The normalized spacial score (nSPS) is 14.0. The van der Waals surface area contributed by atoms with Crippen molar-refractivity contribution < 1.29 is 23.4 Å². The Kier molecular flexibility index (Phi) is 9.92. The van der Waals surface area contributed by atoms with Crippen molar-refractivity contribution in [3.05, 3.63) is 96.7 Å². The molecule has 0 atom stereocenters. The van der Waals surface area contributed by atoms with Gasteiger partial charge in [-0.3, -0.25) is 23.6 Å². The number of hydrogen-bond donors (Lipinski definition) is 2. The highest BCUT2D eigenvalue weighted by atomic mass is 35.5. The van der Waals surface area contributed by atoms with Crippen LogP contribution >= 0.6 is 23.2 Å². The highest BCUT2D eigenvalue weighted by molar-refractivity contribution is 6.39. The number of aryl methyl sites for hydroxylation is 1. The zero-order valence-electron chi connectivity index (χ0n) is 27.2. The molecule has 0 bridgehead atoms. The SMILES string of the molecule is COc1nc(-c2cccc(-c3cccc(Nc4nc(C(F)F)cc5c4c(=O)n(C)c(=O)n5C)c3Cl)c2Cl)ccc1CN1CCC(C(=O)O)CC1. The van der Waals surface area contributed by atoms with Crippen molar-refractivity contribution >= 4 is 51.6 Å². The third-order valence-electron chi connectivity index (χ3n) is 8.98. The second kappa shape index (κ2) is 14.2. The minimum atomic E-state index is -2.97. The summed E-state index contributed by atoms with van der Waals surface area (Å²) < 4.78 is 35.4. The van der Waals surface area contributed by atoms with Gasteiger partial charge >= 0.3 is 11.7 Å². The van der Waals surface area contributed by atoms with Gasteiger partial charge in [-0.2, -0.15) is 0 Å². The Morgan fingerprint density at radius 3 is 2.30 bits per heavy atom. The molecular formula is C35H32Cl2F2N6O5. The predicted molar refractivity (Wildman–Crippen MR) is 188 cm³/mol. The molecule has 0 spiro atoms. The van der Waals surface area contributed by atoms with Gasteiger partial charge in [0, 0.05) is 42.9 Å². The van der Waals surface area contributed by atoms with Gasteiger partial charge in [0.05, 0.1) is 40.0 Å². The molecule has 3 aromatic heterocycles. The fourth-order valence-corrected chi connectivity index (χ4v) is 6.81. The predicted octanol–water partition coefficient (Wildman–Crippen LogP) is 6.65. The summed E-state index contributed by atoms with van der Waals surface area (Å²) in [6, 6.07) is 15.2. The lowest BCUT2D eigenvalue weighted by Gasteiger charge is -2.30. The molecule has 1 fully saturated rings. The van der Waals surface area contributed by atoms with Gasteiger partial charge in [-0.1, -0.05) is 59.6 Å². The molecule has 0 unspecified atom stereocenters. The van der Waals surface area contributed by atoms with Crippen LogP contribution < -0.4 is 21.3 Å². The molecule has 11 nitrogen and oxygen atoms in total. The summed E-state index contributed by atoms with van der Waals surface area (Å²) in [5, 5.41) is 12.7. The van der Waals surface area contributed by atoms with Crippen molar-refractivity contribution in [1.82, 2.24) is 24.0 Å². The van der Waals surface area contributed by atoms with E-state index in [1.165, 1.54) is 21.2 Å². The number of halogens is 4. The second-order valence-electron chi connectivity index (χ2n) is 12.0. The van der Waals surface area contributed by atoms with Gasteiger partial charge in [0.1, 0.15) is 16.9 Å². The van der Waals surface area contributed by atoms with Crippen molar-refractivity contribution in [1.29, 1.82) is 0 Å². The van der Waals surface area contributed by atoms with E-state index in [1.807, 2.05) is 18.2 Å². The molecule has 0 radical (unpaired) electrons. The Hall–Kier alpha value is -4.85. The van der Waals surface area contributed by atoms with Crippen molar-refractivity contribution in [2.24, 2.45) is 20.0 Å². The van der Waals surface area contributed by atoms with Gasteiger partial charge in [0.25, 0.3) is 12.0 Å². The molecule has 2 N–H and O–H groups in total. The number of fused-ring (bicyclic) bond motifs is 1. The van der Waals surface area contributed by atoms with Crippen LogP contribution in [0.1, 0.15) is 30.5 Å². The monoisotopic (exact) mass is 724 g/mol. The molecule has 50 heavy (non-hydrogen) atoms. The van der Waals surface area contributed by atoms with E-state index in [4.69, 9.17) is 32.9 Å². The summed E-state index contributed by atoms with van der Waals surface area (Å²) in [7, 11) is 4.21. The van der Waals surface area contributed by atoms with E-state index in [1.54, 1.807) is 30.3 Å². The number of carboxylic acids is 1. The van der Waals surface area contributed by atoms with Crippen LogP contribution in [0.5, 0.6) is 5.88 Å². The van der Waals surface area contributed by atoms with Crippen molar-refractivity contribution in [2.75, 3.05) is 25.5 Å². The van der Waals surface area contributed by atoms with E-state index in [-0.39, 0.29) is 33.3 Å². The van der Waals surface area contributed by atoms with E-state index in [0.717, 1.165) is 20.8 Å². The lowest BCUT2D eigenvalue weighted by Crippen LogP contribution is -2.37. The third kappa shape index (κ3) is 6.55. The van der Waals surface area contributed by atoms with Crippen molar-refractivity contribution in [3.8, 4) is 28.3 Å². The lowest BCUT2D eigenvalue weighted by atomic mass is 9.97. The van der Waals surface area contributed by atoms with Crippen LogP contribution in [0.4, 0.5) is 20.3 Å².